The van der Waals surface area contributed by atoms with Gasteiger partial charge in [-0.1, -0.05) is 58.8 Å². The molecule has 1 heterocycles. The van der Waals surface area contributed by atoms with Crippen LogP contribution in [0.4, 0.5) is 0 Å². The molecule has 2 unspecified atom stereocenters. The van der Waals surface area contributed by atoms with Crippen LogP contribution >= 0.6 is 0 Å². The number of amides is 1. The first-order valence-electron chi connectivity index (χ1n) is 12.4. The van der Waals surface area contributed by atoms with Crippen molar-refractivity contribution in [1.82, 2.24) is 5.32 Å². The molecule has 0 aromatic carbocycles. The summed E-state index contributed by atoms with van der Waals surface area (Å²) in [6.45, 7) is 8.94. The molecule has 0 saturated carbocycles. The lowest BCUT2D eigenvalue weighted by Gasteiger charge is -2.18. The highest BCUT2D eigenvalue weighted by Crippen LogP contribution is 2.16. The Hall–Kier alpha value is -0.610. The van der Waals surface area contributed by atoms with Crippen molar-refractivity contribution in [1.29, 1.82) is 0 Å². The number of carbonyl (C=O) groups is 1. The van der Waals surface area contributed by atoms with Gasteiger partial charge < -0.3 is 15.3 Å². The van der Waals surface area contributed by atoms with E-state index in [-0.39, 0.29) is 17.9 Å². The number of rotatable bonds is 16. The fraction of sp³-hybridized carbons (Fsp3) is 0.958. The van der Waals surface area contributed by atoms with Gasteiger partial charge in [0.1, 0.15) is 0 Å². The fourth-order valence-electron chi connectivity index (χ4n) is 4.44. The van der Waals surface area contributed by atoms with E-state index in [4.69, 9.17) is 0 Å². The molecule has 28 heavy (non-hydrogen) atoms. The Bertz CT molecular complexity index is 368. The van der Waals surface area contributed by atoms with Crippen LogP contribution in [0.5, 0.6) is 0 Å². The number of likely N-dealkylation sites (tertiary alicyclic amines) is 1. The highest BCUT2D eigenvalue weighted by Gasteiger charge is 2.15. The Kier molecular flexibility index (Phi) is 15.7. The van der Waals surface area contributed by atoms with Gasteiger partial charge in [-0.3, -0.25) is 4.79 Å². The molecule has 166 valence electrons. The molecule has 3 N–H and O–H groups in total. The summed E-state index contributed by atoms with van der Waals surface area (Å²) in [7, 11) is 0. The molecule has 1 saturated heterocycles. The standard InChI is InChI=1S/C24H48N2O2/c1-3-4-5-6-7-8-11-15-23(27)20-22(2)21-24(28)25-16-14-19-26-17-12-9-10-13-18-26/h22-23,27H,3-21H2,1-2H3,(H,25,28)/p+1. The molecule has 1 amide bonds. The quantitative estimate of drug-likeness (QED) is 0.346. The molecule has 4 heteroatoms. The van der Waals surface area contributed by atoms with Crippen molar-refractivity contribution in [2.24, 2.45) is 5.92 Å². The Morgan fingerprint density at radius 3 is 2.29 bits per heavy atom. The van der Waals surface area contributed by atoms with Crippen molar-refractivity contribution in [3.8, 4) is 0 Å². The van der Waals surface area contributed by atoms with E-state index in [1.807, 2.05) is 0 Å². The van der Waals surface area contributed by atoms with Gasteiger partial charge >= 0.3 is 0 Å². The normalized spacial score (nSPS) is 17.8. The summed E-state index contributed by atoms with van der Waals surface area (Å²) in [4.78, 5) is 13.8. The van der Waals surface area contributed by atoms with Gasteiger partial charge in [0.05, 0.1) is 25.7 Å². The molecule has 1 aliphatic rings. The number of carbonyl (C=O) groups excluding carboxylic acids is 1. The first-order valence-corrected chi connectivity index (χ1v) is 12.4. The average molecular weight is 398 g/mol. The van der Waals surface area contributed by atoms with Gasteiger partial charge in [-0.2, -0.15) is 0 Å². The molecule has 1 aliphatic heterocycles. The number of aliphatic hydroxyl groups excluding tert-OH is 1. The predicted octanol–water partition coefficient (Wildman–Crippen LogP) is 3.87. The molecule has 0 aliphatic carbocycles. The summed E-state index contributed by atoms with van der Waals surface area (Å²) in [5, 5.41) is 13.3. The van der Waals surface area contributed by atoms with Crippen LogP contribution in [0.1, 0.15) is 110 Å². The summed E-state index contributed by atoms with van der Waals surface area (Å²) >= 11 is 0. The highest BCUT2D eigenvalue weighted by molar-refractivity contribution is 5.76. The van der Waals surface area contributed by atoms with E-state index in [2.05, 4.69) is 19.2 Å². The first-order chi connectivity index (χ1) is 13.6. The van der Waals surface area contributed by atoms with Crippen LogP contribution in [0, 0.1) is 5.92 Å². The number of hydrogen-bond acceptors (Lipinski definition) is 2. The minimum atomic E-state index is -0.245. The van der Waals surface area contributed by atoms with Crippen molar-refractivity contribution < 1.29 is 14.8 Å². The third-order valence-corrected chi connectivity index (χ3v) is 6.19. The molecule has 0 bridgehead atoms. The second-order valence-corrected chi connectivity index (χ2v) is 9.23. The van der Waals surface area contributed by atoms with E-state index in [0.29, 0.717) is 6.42 Å². The molecular weight excluding hydrogens is 348 g/mol. The van der Waals surface area contributed by atoms with Crippen molar-refractivity contribution in [2.45, 2.75) is 116 Å². The Morgan fingerprint density at radius 1 is 0.964 bits per heavy atom. The molecule has 2 atom stereocenters. The molecule has 1 fully saturated rings. The molecular formula is C24H49N2O2+. The van der Waals surface area contributed by atoms with Gasteiger partial charge in [-0.25, -0.2) is 0 Å². The van der Waals surface area contributed by atoms with Crippen molar-refractivity contribution in [3.63, 3.8) is 0 Å². The second kappa shape index (κ2) is 17.3. The topological polar surface area (TPSA) is 53.8 Å². The number of aliphatic hydroxyl groups is 1. The third-order valence-electron chi connectivity index (χ3n) is 6.19. The lowest BCUT2D eigenvalue weighted by Crippen LogP contribution is -3.11. The molecule has 0 aromatic rings. The van der Waals surface area contributed by atoms with Crippen LogP contribution in [-0.2, 0) is 4.79 Å². The van der Waals surface area contributed by atoms with Crippen LogP contribution in [0.3, 0.4) is 0 Å². The van der Waals surface area contributed by atoms with Crippen molar-refractivity contribution in [3.05, 3.63) is 0 Å². The van der Waals surface area contributed by atoms with Crippen LogP contribution < -0.4 is 10.2 Å². The maximum Gasteiger partial charge on any atom is 0.220 e. The average Bonchev–Trinajstić information content (AvgIpc) is 2.93. The highest BCUT2D eigenvalue weighted by atomic mass is 16.3. The van der Waals surface area contributed by atoms with Gasteiger partial charge in [-0.05, 0) is 44.4 Å². The smallest absolute Gasteiger partial charge is 0.220 e. The summed E-state index contributed by atoms with van der Waals surface area (Å²) < 4.78 is 0. The second-order valence-electron chi connectivity index (χ2n) is 9.23. The molecule has 0 aromatic heterocycles. The van der Waals surface area contributed by atoms with Crippen LogP contribution in [0.2, 0.25) is 0 Å². The zero-order chi connectivity index (χ0) is 20.5. The number of unbranched alkanes of at least 4 members (excludes halogenated alkanes) is 6. The number of hydrogen-bond donors (Lipinski definition) is 3. The minimum Gasteiger partial charge on any atom is -0.393 e. The third kappa shape index (κ3) is 14.4. The number of nitrogens with one attached hydrogen (secondary N) is 2. The Labute approximate surface area is 174 Å². The summed E-state index contributed by atoms with van der Waals surface area (Å²) in [5.74, 6) is 0.414. The predicted molar refractivity (Wildman–Crippen MR) is 119 cm³/mol. The SMILES string of the molecule is CCCCCCCCCC(O)CC(C)CC(=O)NCCC[NH+]1CCCCCC1. The zero-order valence-corrected chi connectivity index (χ0v) is 18.9. The van der Waals surface area contributed by atoms with Gasteiger partial charge in [0.15, 0.2) is 0 Å². The zero-order valence-electron chi connectivity index (χ0n) is 18.9. The van der Waals surface area contributed by atoms with Crippen LogP contribution in [0.15, 0.2) is 0 Å². The fourth-order valence-corrected chi connectivity index (χ4v) is 4.44. The van der Waals surface area contributed by atoms with E-state index >= 15 is 0 Å². The molecule has 4 nitrogen and oxygen atoms in total. The van der Waals surface area contributed by atoms with E-state index in [9.17, 15) is 9.90 Å². The molecule has 1 rings (SSSR count). The summed E-state index contributed by atoms with van der Waals surface area (Å²) in [5.41, 5.74) is 0. The van der Waals surface area contributed by atoms with Crippen molar-refractivity contribution in [2.75, 3.05) is 26.2 Å². The van der Waals surface area contributed by atoms with E-state index < -0.39 is 0 Å². The Balaban J connectivity index is 1.98. The lowest BCUT2D eigenvalue weighted by molar-refractivity contribution is -0.899. The molecule has 0 radical (unpaired) electrons. The van der Waals surface area contributed by atoms with Crippen LogP contribution in [-0.4, -0.2) is 43.3 Å². The lowest BCUT2D eigenvalue weighted by atomic mass is 9.96. The van der Waals surface area contributed by atoms with E-state index in [0.717, 1.165) is 32.2 Å². The van der Waals surface area contributed by atoms with Crippen LogP contribution in [0.25, 0.3) is 0 Å². The summed E-state index contributed by atoms with van der Waals surface area (Å²) in [6, 6.07) is 0. The monoisotopic (exact) mass is 397 g/mol. The van der Waals surface area contributed by atoms with Gasteiger partial charge in [0.2, 0.25) is 5.91 Å². The van der Waals surface area contributed by atoms with Gasteiger partial charge in [-0.15, -0.1) is 0 Å². The van der Waals surface area contributed by atoms with Gasteiger partial charge in [0, 0.05) is 19.4 Å². The Morgan fingerprint density at radius 2 is 1.61 bits per heavy atom. The molecule has 0 spiro atoms. The summed E-state index contributed by atoms with van der Waals surface area (Å²) in [6.07, 6.45) is 17.5. The number of quaternary nitrogens is 1. The van der Waals surface area contributed by atoms with Crippen molar-refractivity contribution >= 4 is 5.91 Å². The minimum absolute atomic E-state index is 0.154. The maximum absolute atomic E-state index is 12.1. The maximum atomic E-state index is 12.1. The largest absolute Gasteiger partial charge is 0.393 e. The first kappa shape index (κ1) is 25.4. The van der Waals surface area contributed by atoms with E-state index in [1.165, 1.54) is 83.8 Å². The van der Waals surface area contributed by atoms with E-state index in [1.54, 1.807) is 4.90 Å². The van der Waals surface area contributed by atoms with Gasteiger partial charge in [0.25, 0.3) is 0 Å².